The molecule has 0 spiro atoms. The van der Waals surface area contributed by atoms with Crippen molar-refractivity contribution < 1.29 is 0 Å². The van der Waals surface area contributed by atoms with Crippen LogP contribution in [0, 0.1) is 10.4 Å². The Hall–Kier alpha value is -3.53. The monoisotopic (exact) mass is 339 g/mol. The molecule has 4 nitrogen and oxygen atoms in total. The first-order chi connectivity index (χ1) is 12.7. The molecular weight excluding hydrogens is 326 g/mol. The fourth-order valence-electron chi connectivity index (χ4n) is 3.87. The number of para-hydroxylation sites is 1. The summed E-state index contributed by atoms with van der Waals surface area (Å²) in [5, 5.41) is 1.49. The van der Waals surface area contributed by atoms with Crippen LogP contribution in [-0.2, 0) is 6.54 Å². The molecule has 5 rings (SSSR count). The van der Waals surface area contributed by atoms with E-state index in [4.69, 9.17) is 0 Å². The van der Waals surface area contributed by atoms with Crippen molar-refractivity contribution in [3.63, 3.8) is 0 Å². The first-order valence-electron chi connectivity index (χ1n) is 8.38. The average Bonchev–Trinajstić information content (AvgIpc) is 3.14. The highest BCUT2D eigenvalue weighted by atomic mass is 16.1. The van der Waals surface area contributed by atoms with E-state index >= 15 is 0 Å². The van der Waals surface area contributed by atoms with Gasteiger partial charge in [0, 0.05) is 17.4 Å². The molecule has 0 amide bonds. The van der Waals surface area contributed by atoms with E-state index in [1.165, 1.54) is 12.1 Å². The Morgan fingerprint density at radius 2 is 1.35 bits per heavy atom. The van der Waals surface area contributed by atoms with Crippen LogP contribution in [0.25, 0.3) is 21.8 Å². The van der Waals surface area contributed by atoms with E-state index in [9.17, 15) is 14.4 Å². The van der Waals surface area contributed by atoms with Crippen molar-refractivity contribution in [3.05, 3.63) is 113 Å². The van der Waals surface area contributed by atoms with Crippen LogP contribution in [0.15, 0.2) is 81.1 Å². The molecule has 124 valence electrons. The minimum Gasteiger partial charge on any atom is -0.335 e. The lowest BCUT2D eigenvalue weighted by Gasteiger charge is -2.07. The van der Waals surface area contributed by atoms with Gasteiger partial charge in [-0.2, -0.15) is 0 Å². The molecular formula is C22H13NO3. The average molecular weight is 339 g/mol. The van der Waals surface area contributed by atoms with Gasteiger partial charge < -0.3 is 4.57 Å². The Bertz CT molecular complexity index is 1500. The predicted molar refractivity (Wildman–Crippen MR) is 101 cm³/mol. The van der Waals surface area contributed by atoms with Crippen molar-refractivity contribution in [2.24, 2.45) is 0 Å². The van der Waals surface area contributed by atoms with Crippen molar-refractivity contribution in [1.82, 2.24) is 4.57 Å². The Labute approximate surface area is 146 Å². The normalized spacial score (nSPS) is 11.7. The van der Waals surface area contributed by atoms with Crippen LogP contribution in [-0.4, -0.2) is 4.57 Å². The van der Waals surface area contributed by atoms with Crippen LogP contribution in [0.4, 0.5) is 0 Å². The number of hydrogen-bond acceptors (Lipinski definition) is 3. The van der Waals surface area contributed by atoms with Crippen molar-refractivity contribution in [3.8, 4) is 0 Å². The summed E-state index contributed by atoms with van der Waals surface area (Å²) in [5.74, 6) is 0. The number of aromatic nitrogens is 1. The highest BCUT2D eigenvalue weighted by molar-refractivity contribution is 6.08. The highest BCUT2D eigenvalue weighted by Gasteiger charge is 2.20. The molecule has 3 aromatic rings. The first-order valence-corrected chi connectivity index (χ1v) is 8.38. The molecule has 0 aliphatic heterocycles. The summed E-state index contributed by atoms with van der Waals surface area (Å²) in [7, 11) is 0. The lowest BCUT2D eigenvalue weighted by Crippen LogP contribution is -2.16. The summed E-state index contributed by atoms with van der Waals surface area (Å²) in [6, 6.07) is 19.9. The third-order valence-corrected chi connectivity index (χ3v) is 4.97. The maximum atomic E-state index is 13.0. The second-order valence-corrected chi connectivity index (χ2v) is 6.45. The van der Waals surface area contributed by atoms with Crippen LogP contribution in [0.1, 0.15) is 5.56 Å². The summed E-state index contributed by atoms with van der Waals surface area (Å²) in [6.45, 7) is 0.520. The van der Waals surface area contributed by atoms with Crippen LogP contribution in [0.2, 0.25) is 0 Å². The van der Waals surface area contributed by atoms with Gasteiger partial charge in [0.2, 0.25) is 5.43 Å². The largest absolute Gasteiger partial charge is 0.335 e. The molecule has 0 unspecified atom stereocenters. The van der Waals surface area contributed by atoms with Gasteiger partial charge in [0.1, 0.15) is 0 Å². The summed E-state index contributed by atoms with van der Waals surface area (Å²) >= 11 is 0. The fourth-order valence-corrected chi connectivity index (χ4v) is 3.87. The van der Waals surface area contributed by atoms with E-state index in [0.717, 1.165) is 16.5 Å². The summed E-state index contributed by atoms with van der Waals surface area (Å²) in [5.41, 5.74) is 1.48. The number of hydrogen-bond donors (Lipinski definition) is 0. The molecule has 4 heteroatoms. The topological polar surface area (TPSA) is 56.1 Å². The zero-order valence-electron chi connectivity index (χ0n) is 13.7. The lowest BCUT2D eigenvalue weighted by atomic mass is 10.2. The van der Waals surface area contributed by atoms with Gasteiger partial charge in [0.25, 0.3) is 0 Å². The van der Waals surface area contributed by atoms with Gasteiger partial charge in [-0.3, -0.25) is 14.4 Å². The van der Waals surface area contributed by atoms with E-state index in [1.54, 1.807) is 0 Å². The van der Waals surface area contributed by atoms with E-state index in [-0.39, 0.29) is 21.3 Å². The van der Waals surface area contributed by atoms with Crippen molar-refractivity contribution >= 4 is 21.8 Å². The molecule has 0 saturated carbocycles. The minimum atomic E-state index is -0.392. The molecule has 2 aromatic carbocycles. The number of nitrogens with zero attached hydrogens (tertiary/aromatic N) is 1. The fraction of sp³-hybridized carbons (Fsp3) is 0.0455. The smallest absolute Gasteiger partial charge is 0.200 e. The molecule has 1 heterocycles. The zero-order valence-corrected chi connectivity index (χ0v) is 13.7. The van der Waals surface area contributed by atoms with E-state index in [2.05, 4.69) is 0 Å². The van der Waals surface area contributed by atoms with Crippen LogP contribution < -0.4 is 16.3 Å². The van der Waals surface area contributed by atoms with Crippen molar-refractivity contribution in [1.29, 1.82) is 0 Å². The third-order valence-electron chi connectivity index (χ3n) is 4.97. The predicted octanol–water partition coefficient (Wildman–Crippen LogP) is 2.52. The van der Waals surface area contributed by atoms with Crippen molar-refractivity contribution in [2.75, 3.05) is 0 Å². The van der Waals surface area contributed by atoms with E-state index in [0.29, 0.717) is 17.4 Å². The maximum absolute atomic E-state index is 13.0. The molecule has 2 aliphatic rings. The van der Waals surface area contributed by atoms with E-state index < -0.39 is 5.43 Å². The Morgan fingerprint density at radius 3 is 2.12 bits per heavy atom. The Morgan fingerprint density at radius 1 is 0.692 bits per heavy atom. The minimum absolute atomic E-state index is 0.00932. The summed E-state index contributed by atoms with van der Waals surface area (Å²) in [6.07, 6.45) is 0. The lowest BCUT2D eigenvalue weighted by molar-refractivity contribution is 0.867. The maximum Gasteiger partial charge on any atom is 0.200 e. The van der Waals surface area contributed by atoms with Crippen LogP contribution in [0.3, 0.4) is 0 Å². The first kappa shape index (κ1) is 14.8. The van der Waals surface area contributed by atoms with Gasteiger partial charge in [-0.15, -0.1) is 0 Å². The standard InChI is InChI=1S/C22H13NO3/c24-16-10-11-17(25)20-19(16)21-18(22(20)26)14-8-4-5-9-15(14)23(21)12-13-6-2-1-3-7-13/h1-11H,12H2. The number of fused-ring (bicyclic) bond motifs is 4. The van der Waals surface area contributed by atoms with Gasteiger partial charge in [0.05, 0.1) is 21.3 Å². The number of rotatable bonds is 2. The quantitative estimate of drug-likeness (QED) is 0.497. The molecule has 26 heavy (non-hydrogen) atoms. The molecule has 0 N–H and O–H groups in total. The Kier molecular flexibility index (Phi) is 2.97. The molecule has 0 atom stereocenters. The van der Waals surface area contributed by atoms with Gasteiger partial charge in [-0.1, -0.05) is 48.5 Å². The molecule has 0 saturated heterocycles. The van der Waals surface area contributed by atoms with Crippen LogP contribution in [0.5, 0.6) is 0 Å². The molecule has 0 bridgehead atoms. The molecule has 0 fully saturated rings. The van der Waals surface area contributed by atoms with Crippen molar-refractivity contribution in [2.45, 2.75) is 6.54 Å². The van der Waals surface area contributed by atoms with Gasteiger partial charge in [-0.05, 0) is 23.8 Å². The second-order valence-electron chi connectivity index (χ2n) is 6.45. The van der Waals surface area contributed by atoms with Gasteiger partial charge in [0.15, 0.2) is 10.9 Å². The number of benzene rings is 2. The molecule has 1 aromatic heterocycles. The van der Waals surface area contributed by atoms with Crippen LogP contribution >= 0.6 is 0 Å². The SMILES string of the molecule is O=c1ccc(=O)c2c3c(c(=O)c1=2)c1ccccc1n3Cc1ccccc1. The molecule has 2 aliphatic carbocycles. The molecule has 0 radical (unpaired) electrons. The zero-order chi connectivity index (χ0) is 17.8. The Balaban J connectivity index is 2.06. The third kappa shape index (κ3) is 1.87. The summed E-state index contributed by atoms with van der Waals surface area (Å²) in [4.78, 5) is 37.8. The van der Waals surface area contributed by atoms with Gasteiger partial charge in [-0.25, -0.2) is 0 Å². The summed E-state index contributed by atoms with van der Waals surface area (Å²) < 4.78 is 1.98. The second kappa shape index (κ2) is 5.23. The highest BCUT2D eigenvalue weighted by Crippen LogP contribution is 2.28. The van der Waals surface area contributed by atoms with Gasteiger partial charge >= 0.3 is 0 Å². The van der Waals surface area contributed by atoms with E-state index in [1.807, 2.05) is 59.2 Å².